The first-order valence-electron chi connectivity index (χ1n) is 8.65. The first-order chi connectivity index (χ1) is 11.9. The van der Waals surface area contributed by atoms with Gasteiger partial charge in [-0.25, -0.2) is 0 Å². The number of nitrogens with zero attached hydrogens (tertiary/aromatic N) is 1. The Morgan fingerprint density at radius 1 is 1.12 bits per heavy atom. The molecule has 0 unspecified atom stereocenters. The second kappa shape index (κ2) is 7.09. The Morgan fingerprint density at radius 2 is 1.92 bits per heavy atom. The lowest BCUT2D eigenvalue weighted by molar-refractivity contribution is -0.121. The zero-order chi connectivity index (χ0) is 18.0. The average Bonchev–Trinajstić information content (AvgIpc) is 2.90. The first-order valence-corrected chi connectivity index (χ1v) is 8.65. The van der Waals surface area contributed by atoms with Crippen molar-refractivity contribution in [3.05, 3.63) is 64.7 Å². The molecule has 1 heterocycles. The van der Waals surface area contributed by atoms with Crippen molar-refractivity contribution < 1.29 is 9.59 Å². The molecule has 2 amide bonds. The van der Waals surface area contributed by atoms with Gasteiger partial charge >= 0.3 is 0 Å². The highest BCUT2D eigenvalue weighted by Gasteiger charge is 2.31. The Balaban J connectivity index is 1.62. The van der Waals surface area contributed by atoms with Gasteiger partial charge in [0.15, 0.2) is 0 Å². The normalized spacial score (nSPS) is 17.0. The second-order valence-electron chi connectivity index (χ2n) is 6.91. The van der Waals surface area contributed by atoms with E-state index in [9.17, 15) is 9.59 Å². The van der Waals surface area contributed by atoms with Gasteiger partial charge < -0.3 is 10.2 Å². The first kappa shape index (κ1) is 17.2. The van der Waals surface area contributed by atoms with Crippen molar-refractivity contribution in [1.82, 2.24) is 5.32 Å². The fourth-order valence-electron chi connectivity index (χ4n) is 3.23. The summed E-state index contributed by atoms with van der Waals surface area (Å²) in [6.45, 7) is 6.64. The molecule has 0 saturated carbocycles. The molecule has 1 N–H and O–H groups in total. The van der Waals surface area contributed by atoms with Crippen molar-refractivity contribution in [2.75, 3.05) is 11.4 Å². The van der Waals surface area contributed by atoms with Gasteiger partial charge in [-0.15, -0.1) is 0 Å². The fraction of sp³-hybridized carbons (Fsp3) is 0.333. The van der Waals surface area contributed by atoms with Crippen LogP contribution in [0.15, 0.2) is 42.5 Å². The SMILES string of the molecule is Cc1cccc(CC(=O)N[C@@H]2CC(=O)N(c3ccc(C)c(C)c3)C2)c1. The van der Waals surface area contributed by atoms with Crippen molar-refractivity contribution in [2.24, 2.45) is 0 Å². The van der Waals surface area contributed by atoms with Crippen molar-refractivity contribution >= 4 is 17.5 Å². The third kappa shape index (κ3) is 4.08. The number of carbonyl (C=O) groups is 2. The third-order valence-corrected chi connectivity index (χ3v) is 4.74. The molecule has 2 aromatic rings. The lowest BCUT2D eigenvalue weighted by Crippen LogP contribution is -2.38. The number of carbonyl (C=O) groups excluding carboxylic acids is 2. The summed E-state index contributed by atoms with van der Waals surface area (Å²) in [5, 5.41) is 3.00. The molecule has 1 aliphatic heterocycles. The lowest BCUT2D eigenvalue weighted by Gasteiger charge is -2.18. The van der Waals surface area contributed by atoms with Crippen LogP contribution in [0, 0.1) is 20.8 Å². The van der Waals surface area contributed by atoms with E-state index < -0.39 is 0 Å². The highest BCUT2D eigenvalue weighted by Crippen LogP contribution is 2.24. The number of rotatable bonds is 4. The molecule has 4 nitrogen and oxygen atoms in total. The smallest absolute Gasteiger partial charge is 0.229 e. The predicted octanol–water partition coefficient (Wildman–Crippen LogP) is 3.08. The largest absolute Gasteiger partial charge is 0.351 e. The number of benzene rings is 2. The molecule has 2 aromatic carbocycles. The monoisotopic (exact) mass is 336 g/mol. The van der Waals surface area contributed by atoms with Crippen LogP contribution >= 0.6 is 0 Å². The Labute approximate surface area is 148 Å². The molecule has 1 saturated heterocycles. The maximum atomic E-state index is 12.3. The van der Waals surface area contributed by atoms with Crippen molar-refractivity contribution in [3.8, 4) is 0 Å². The zero-order valence-corrected chi connectivity index (χ0v) is 15.0. The van der Waals surface area contributed by atoms with Gasteiger partial charge in [0.05, 0.1) is 12.5 Å². The van der Waals surface area contributed by atoms with E-state index in [0.717, 1.165) is 22.4 Å². The molecule has 0 spiro atoms. The quantitative estimate of drug-likeness (QED) is 0.933. The zero-order valence-electron chi connectivity index (χ0n) is 15.0. The van der Waals surface area contributed by atoms with Crippen molar-refractivity contribution in [1.29, 1.82) is 0 Å². The van der Waals surface area contributed by atoms with E-state index in [0.29, 0.717) is 19.4 Å². The van der Waals surface area contributed by atoms with E-state index >= 15 is 0 Å². The number of anilines is 1. The molecule has 1 fully saturated rings. The van der Waals surface area contributed by atoms with E-state index in [1.54, 1.807) is 4.90 Å². The Kier molecular flexibility index (Phi) is 4.88. The van der Waals surface area contributed by atoms with E-state index in [2.05, 4.69) is 12.2 Å². The van der Waals surface area contributed by atoms with Gasteiger partial charge in [-0.1, -0.05) is 35.9 Å². The standard InChI is InChI=1S/C21H24N2O2/c1-14-5-4-6-17(9-14)11-20(24)22-18-12-21(25)23(13-18)19-8-7-15(2)16(3)10-19/h4-10,18H,11-13H2,1-3H3,(H,22,24)/t18-/m1/s1. The number of hydrogen-bond donors (Lipinski definition) is 1. The molecular formula is C21H24N2O2. The van der Waals surface area contributed by atoms with Gasteiger partial charge in [0.25, 0.3) is 0 Å². The molecule has 3 rings (SSSR count). The molecule has 0 radical (unpaired) electrons. The molecular weight excluding hydrogens is 312 g/mol. The highest BCUT2D eigenvalue weighted by atomic mass is 16.2. The van der Waals surface area contributed by atoms with Crippen LogP contribution in [0.1, 0.15) is 28.7 Å². The molecule has 0 aromatic heterocycles. The van der Waals surface area contributed by atoms with E-state index in [1.165, 1.54) is 5.56 Å². The highest BCUT2D eigenvalue weighted by molar-refractivity contribution is 5.97. The van der Waals surface area contributed by atoms with Crippen LogP contribution in [0.2, 0.25) is 0 Å². The third-order valence-electron chi connectivity index (χ3n) is 4.74. The lowest BCUT2D eigenvalue weighted by atomic mass is 10.1. The Bertz CT molecular complexity index is 813. The van der Waals surface area contributed by atoms with E-state index in [4.69, 9.17) is 0 Å². The summed E-state index contributed by atoms with van der Waals surface area (Å²) in [4.78, 5) is 26.4. The van der Waals surface area contributed by atoms with Gasteiger partial charge in [0, 0.05) is 18.7 Å². The van der Waals surface area contributed by atoms with Crippen LogP contribution < -0.4 is 10.2 Å². The average molecular weight is 336 g/mol. The second-order valence-corrected chi connectivity index (χ2v) is 6.91. The number of amides is 2. The summed E-state index contributed by atoms with van der Waals surface area (Å²) >= 11 is 0. The minimum absolute atomic E-state index is 0.0367. The van der Waals surface area contributed by atoms with E-state index in [-0.39, 0.29) is 17.9 Å². The number of nitrogens with one attached hydrogen (secondary N) is 1. The molecule has 130 valence electrons. The molecule has 1 atom stereocenters. The summed E-state index contributed by atoms with van der Waals surface area (Å²) in [5.74, 6) is 0.0226. The summed E-state index contributed by atoms with van der Waals surface area (Å²) < 4.78 is 0. The van der Waals surface area contributed by atoms with Crippen LogP contribution in [0.5, 0.6) is 0 Å². The van der Waals surface area contributed by atoms with Crippen LogP contribution in [-0.2, 0) is 16.0 Å². The summed E-state index contributed by atoms with van der Waals surface area (Å²) in [5.41, 5.74) is 5.41. The Hall–Kier alpha value is -2.62. The van der Waals surface area contributed by atoms with Crippen molar-refractivity contribution in [2.45, 2.75) is 39.7 Å². The van der Waals surface area contributed by atoms with E-state index in [1.807, 2.05) is 56.3 Å². The maximum Gasteiger partial charge on any atom is 0.229 e. The number of aryl methyl sites for hydroxylation is 3. The minimum Gasteiger partial charge on any atom is -0.351 e. The molecule has 0 aliphatic carbocycles. The summed E-state index contributed by atoms with van der Waals surface area (Å²) in [7, 11) is 0. The van der Waals surface area contributed by atoms with Crippen molar-refractivity contribution in [3.63, 3.8) is 0 Å². The molecule has 4 heteroatoms. The van der Waals surface area contributed by atoms with Crippen LogP contribution in [0.4, 0.5) is 5.69 Å². The maximum absolute atomic E-state index is 12.3. The van der Waals surface area contributed by atoms with Gasteiger partial charge in [0.2, 0.25) is 11.8 Å². The number of hydrogen-bond acceptors (Lipinski definition) is 2. The van der Waals surface area contributed by atoms with Gasteiger partial charge in [-0.05, 0) is 49.6 Å². The Morgan fingerprint density at radius 3 is 2.64 bits per heavy atom. The summed E-state index contributed by atoms with van der Waals surface area (Å²) in [6, 6.07) is 13.8. The van der Waals surface area contributed by atoms with Crippen LogP contribution in [0.25, 0.3) is 0 Å². The van der Waals surface area contributed by atoms with Gasteiger partial charge in [-0.3, -0.25) is 9.59 Å². The predicted molar refractivity (Wildman–Crippen MR) is 99.7 cm³/mol. The molecule has 25 heavy (non-hydrogen) atoms. The van der Waals surface area contributed by atoms with Crippen LogP contribution in [-0.4, -0.2) is 24.4 Å². The topological polar surface area (TPSA) is 49.4 Å². The van der Waals surface area contributed by atoms with Gasteiger partial charge in [0.1, 0.15) is 0 Å². The van der Waals surface area contributed by atoms with Crippen LogP contribution in [0.3, 0.4) is 0 Å². The molecule has 1 aliphatic rings. The fourth-order valence-corrected chi connectivity index (χ4v) is 3.23. The summed E-state index contributed by atoms with van der Waals surface area (Å²) in [6.07, 6.45) is 0.697. The molecule has 0 bridgehead atoms. The van der Waals surface area contributed by atoms with Gasteiger partial charge in [-0.2, -0.15) is 0 Å². The minimum atomic E-state index is -0.133.